The summed E-state index contributed by atoms with van der Waals surface area (Å²) in [6.07, 6.45) is 0.632. The highest BCUT2D eigenvalue weighted by atomic mass is 16.5. The van der Waals surface area contributed by atoms with Gasteiger partial charge in [-0.1, -0.05) is 63.2 Å². The molecular weight excluding hydrogens is 300 g/mol. The van der Waals surface area contributed by atoms with Crippen molar-refractivity contribution in [2.45, 2.75) is 39.2 Å². The van der Waals surface area contributed by atoms with E-state index in [1.54, 1.807) is 0 Å². The van der Waals surface area contributed by atoms with Crippen molar-refractivity contribution in [3.05, 3.63) is 77.5 Å². The molecule has 0 aliphatic heterocycles. The van der Waals surface area contributed by atoms with Gasteiger partial charge in [0.05, 0.1) is 6.42 Å². The molecule has 0 unspecified atom stereocenters. The summed E-state index contributed by atoms with van der Waals surface area (Å²) in [4.78, 5) is 0. The van der Waals surface area contributed by atoms with Gasteiger partial charge in [-0.2, -0.15) is 0 Å². The molecule has 1 heterocycles. The van der Waals surface area contributed by atoms with Crippen LogP contribution in [0.4, 0.5) is 0 Å². The molecule has 2 aromatic carbocycles. The molecule has 0 saturated carbocycles. The van der Waals surface area contributed by atoms with Crippen LogP contribution < -0.4 is 4.74 Å². The smallest absolute Gasteiger partial charge is 0.253 e. The fourth-order valence-corrected chi connectivity index (χ4v) is 2.39. The van der Waals surface area contributed by atoms with Crippen LogP contribution in [0, 0.1) is 0 Å². The Bertz CT molecular complexity index is 789. The van der Waals surface area contributed by atoms with Crippen LogP contribution in [0.3, 0.4) is 0 Å². The summed E-state index contributed by atoms with van der Waals surface area (Å²) in [5, 5.41) is 8.14. The molecule has 0 amide bonds. The summed E-state index contributed by atoms with van der Waals surface area (Å²) in [5.74, 6) is 1.90. The topological polar surface area (TPSA) is 48.2 Å². The normalized spacial score (nSPS) is 11.5. The Morgan fingerprint density at radius 1 is 0.917 bits per heavy atom. The van der Waals surface area contributed by atoms with Gasteiger partial charge in [0.15, 0.2) is 6.61 Å². The minimum absolute atomic E-state index is 0.0900. The fourth-order valence-electron chi connectivity index (χ4n) is 2.39. The van der Waals surface area contributed by atoms with Crippen molar-refractivity contribution in [3.63, 3.8) is 0 Å². The molecule has 3 rings (SSSR count). The fraction of sp³-hybridized carbons (Fsp3) is 0.300. The molecule has 0 atom stereocenters. The van der Waals surface area contributed by atoms with E-state index in [1.807, 2.05) is 42.5 Å². The van der Waals surface area contributed by atoms with E-state index in [9.17, 15) is 0 Å². The summed E-state index contributed by atoms with van der Waals surface area (Å²) < 4.78 is 11.5. The Morgan fingerprint density at radius 3 is 2.42 bits per heavy atom. The molecule has 1 aromatic heterocycles. The molecule has 0 radical (unpaired) electrons. The van der Waals surface area contributed by atoms with E-state index in [1.165, 1.54) is 5.56 Å². The summed E-state index contributed by atoms with van der Waals surface area (Å²) in [6.45, 7) is 6.81. The van der Waals surface area contributed by atoms with Crippen molar-refractivity contribution in [2.75, 3.05) is 0 Å². The van der Waals surface area contributed by atoms with Crippen molar-refractivity contribution in [2.24, 2.45) is 0 Å². The molecule has 24 heavy (non-hydrogen) atoms. The highest BCUT2D eigenvalue weighted by molar-refractivity contribution is 5.32. The highest BCUT2D eigenvalue weighted by Crippen LogP contribution is 2.26. The summed E-state index contributed by atoms with van der Waals surface area (Å²) >= 11 is 0. The van der Waals surface area contributed by atoms with Gasteiger partial charge < -0.3 is 9.15 Å². The molecule has 4 heteroatoms. The van der Waals surface area contributed by atoms with Crippen LogP contribution in [0.25, 0.3) is 0 Å². The van der Waals surface area contributed by atoms with E-state index in [0.29, 0.717) is 18.2 Å². The number of aromatic nitrogens is 2. The van der Waals surface area contributed by atoms with Gasteiger partial charge in [-0.15, -0.1) is 10.2 Å². The number of ether oxygens (including phenoxy) is 1. The summed E-state index contributed by atoms with van der Waals surface area (Å²) in [6, 6.07) is 18.2. The lowest BCUT2D eigenvalue weighted by atomic mass is 9.87. The Labute approximate surface area is 142 Å². The molecule has 0 aliphatic carbocycles. The maximum Gasteiger partial charge on any atom is 0.253 e. The van der Waals surface area contributed by atoms with E-state index < -0.39 is 0 Å². The zero-order valence-electron chi connectivity index (χ0n) is 14.3. The van der Waals surface area contributed by atoms with Crippen molar-refractivity contribution >= 4 is 0 Å². The number of hydrogen-bond donors (Lipinski definition) is 0. The zero-order chi connectivity index (χ0) is 17.0. The Morgan fingerprint density at radius 2 is 1.67 bits per heavy atom. The predicted molar refractivity (Wildman–Crippen MR) is 93.0 cm³/mol. The monoisotopic (exact) mass is 322 g/mol. The minimum Gasteiger partial charge on any atom is -0.484 e. The number of benzene rings is 2. The van der Waals surface area contributed by atoms with E-state index in [2.05, 4.69) is 43.1 Å². The van der Waals surface area contributed by atoms with Crippen LogP contribution in [0.1, 0.15) is 43.7 Å². The molecule has 0 aliphatic rings. The predicted octanol–water partition coefficient (Wildman–Crippen LogP) is 4.54. The van der Waals surface area contributed by atoms with Crippen molar-refractivity contribution in [1.29, 1.82) is 0 Å². The third kappa shape index (κ3) is 4.22. The van der Waals surface area contributed by atoms with Crippen molar-refractivity contribution < 1.29 is 9.15 Å². The Balaban J connectivity index is 1.62. The zero-order valence-corrected chi connectivity index (χ0v) is 14.3. The van der Waals surface area contributed by atoms with Gasteiger partial charge in [-0.3, -0.25) is 0 Å². The highest BCUT2D eigenvalue weighted by Gasteiger charge is 2.14. The maximum absolute atomic E-state index is 5.80. The van der Waals surface area contributed by atoms with Crippen molar-refractivity contribution in [1.82, 2.24) is 10.2 Å². The van der Waals surface area contributed by atoms with Gasteiger partial charge in [0.2, 0.25) is 5.89 Å². The third-order valence-corrected chi connectivity index (χ3v) is 3.77. The second-order valence-corrected chi connectivity index (χ2v) is 6.82. The van der Waals surface area contributed by atoms with Crippen LogP contribution >= 0.6 is 0 Å². The van der Waals surface area contributed by atoms with Gasteiger partial charge in [0.25, 0.3) is 5.89 Å². The van der Waals surface area contributed by atoms with Gasteiger partial charge in [-0.25, -0.2) is 0 Å². The average molecular weight is 322 g/mol. The minimum atomic E-state index is 0.0900. The lowest BCUT2D eigenvalue weighted by molar-refractivity contribution is 0.259. The maximum atomic E-state index is 5.80. The molecule has 0 N–H and O–H groups in total. The second kappa shape index (κ2) is 6.87. The number of hydrogen-bond acceptors (Lipinski definition) is 4. The summed E-state index contributed by atoms with van der Waals surface area (Å²) in [7, 11) is 0. The molecule has 3 aromatic rings. The lowest BCUT2D eigenvalue weighted by Crippen LogP contribution is -2.11. The molecule has 0 fully saturated rings. The lowest BCUT2D eigenvalue weighted by Gasteiger charge is -2.19. The van der Waals surface area contributed by atoms with Gasteiger partial charge in [0, 0.05) is 0 Å². The number of rotatable bonds is 5. The quantitative estimate of drug-likeness (QED) is 0.692. The molecular formula is C20H22N2O2. The van der Waals surface area contributed by atoms with Crippen LogP contribution in [-0.4, -0.2) is 10.2 Å². The summed E-state index contributed by atoms with van der Waals surface area (Å²) in [5.41, 5.74) is 2.47. The standard InChI is InChI=1S/C20H22N2O2/c1-20(2,3)16-10-7-11-17(13-16)23-14-19-22-21-18(24-19)12-15-8-5-4-6-9-15/h4-11,13H,12,14H2,1-3H3. The molecule has 4 nitrogen and oxygen atoms in total. The number of nitrogens with zero attached hydrogens (tertiary/aromatic N) is 2. The molecule has 0 bridgehead atoms. The largest absolute Gasteiger partial charge is 0.484 e. The Kier molecular flexibility index (Phi) is 4.65. The van der Waals surface area contributed by atoms with Gasteiger partial charge >= 0.3 is 0 Å². The van der Waals surface area contributed by atoms with Gasteiger partial charge in [-0.05, 0) is 28.7 Å². The SMILES string of the molecule is CC(C)(C)c1cccc(OCc2nnc(Cc3ccccc3)o2)c1. The van der Waals surface area contributed by atoms with Crippen LogP contribution in [0.15, 0.2) is 59.0 Å². The second-order valence-electron chi connectivity index (χ2n) is 6.82. The van der Waals surface area contributed by atoms with Crippen LogP contribution in [0.5, 0.6) is 5.75 Å². The average Bonchev–Trinajstić information content (AvgIpc) is 3.01. The first-order valence-electron chi connectivity index (χ1n) is 8.09. The molecule has 0 saturated heterocycles. The molecule has 124 valence electrons. The van der Waals surface area contributed by atoms with Gasteiger partial charge in [0.1, 0.15) is 5.75 Å². The van der Waals surface area contributed by atoms with Crippen LogP contribution in [0.2, 0.25) is 0 Å². The van der Waals surface area contributed by atoms with Crippen molar-refractivity contribution in [3.8, 4) is 5.75 Å². The first-order valence-corrected chi connectivity index (χ1v) is 8.09. The van der Waals surface area contributed by atoms with E-state index >= 15 is 0 Å². The van der Waals surface area contributed by atoms with E-state index in [-0.39, 0.29) is 12.0 Å². The van der Waals surface area contributed by atoms with Crippen LogP contribution in [-0.2, 0) is 18.4 Å². The van der Waals surface area contributed by atoms with E-state index in [4.69, 9.17) is 9.15 Å². The first kappa shape index (κ1) is 16.2. The first-order chi connectivity index (χ1) is 11.5. The van der Waals surface area contributed by atoms with E-state index in [0.717, 1.165) is 11.3 Å². The Hall–Kier alpha value is -2.62. The third-order valence-electron chi connectivity index (χ3n) is 3.77. The molecule has 0 spiro atoms.